The number of anilines is 1. The SMILES string of the molecule is O=C1N(CCCOCc2ccccc2)c2ccccc2C1(CO)c1cc2c(cc1O)OCO2. The highest BCUT2D eigenvalue weighted by molar-refractivity contribution is 6.11. The summed E-state index contributed by atoms with van der Waals surface area (Å²) in [6.45, 7) is 0.984. The fourth-order valence-electron chi connectivity index (χ4n) is 4.61. The van der Waals surface area contributed by atoms with E-state index in [1.54, 1.807) is 11.0 Å². The van der Waals surface area contributed by atoms with E-state index in [4.69, 9.17) is 14.2 Å². The van der Waals surface area contributed by atoms with Gasteiger partial charge < -0.3 is 29.3 Å². The summed E-state index contributed by atoms with van der Waals surface area (Å²) in [4.78, 5) is 15.5. The Morgan fingerprint density at radius 1 is 0.970 bits per heavy atom. The van der Waals surface area contributed by atoms with Gasteiger partial charge in [0.05, 0.1) is 13.2 Å². The zero-order valence-electron chi connectivity index (χ0n) is 18.1. The van der Waals surface area contributed by atoms with Gasteiger partial charge in [0.2, 0.25) is 12.7 Å². The van der Waals surface area contributed by atoms with Crippen molar-refractivity contribution in [2.24, 2.45) is 0 Å². The fraction of sp³-hybridized carbons (Fsp3) is 0.269. The molecule has 0 fully saturated rings. The highest BCUT2D eigenvalue weighted by Gasteiger charge is 2.53. The second-order valence-corrected chi connectivity index (χ2v) is 8.15. The molecule has 0 saturated heterocycles. The minimum atomic E-state index is -1.42. The van der Waals surface area contributed by atoms with Crippen LogP contribution in [0.25, 0.3) is 0 Å². The van der Waals surface area contributed by atoms with E-state index >= 15 is 0 Å². The summed E-state index contributed by atoms with van der Waals surface area (Å²) in [5, 5.41) is 21.3. The molecule has 33 heavy (non-hydrogen) atoms. The zero-order valence-corrected chi connectivity index (χ0v) is 18.1. The molecule has 0 spiro atoms. The van der Waals surface area contributed by atoms with Crippen molar-refractivity contribution in [3.05, 3.63) is 83.4 Å². The molecule has 0 saturated carbocycles. The van der Waals surface area contributed by atoms with E-state index < -0.39 is 12.0 Å². The fourth-order valence-corrected chi connectivity index (χ4v) is 4.61. The Kier molecular flexibility index (Phi) is 5.66. The van der Waals surface area contributed by atoms with Gasteiger partial charge in [-0.3, -0.25) is 4.79 Å². The number of nitrogens with zero attached hydrogens (tertiary/aromatic N) is 1. The smallest absolute Gasteiger partial charge is 0.244 e. The molecule has 2 N–H and O–H groups in total. The van der Waals surface area contributed by atoms with Crippen molar-refractivity contribution in [2.75, 3.05) is 31.5 Å². The summed E-state index contributed by atoms with van der Waals surface area (Å²) in [7, 11) is 0. The number of benzene rings is 3. The number of hydrogen-bond acceptors (Lipinski definition) is 6. The Bertz CT molecular complexity index is 1160. The van der Waals surface area contributed by atoms with E-state index in [-0.39, 0.29) is 18.4 Å². The van der Waals surface area contributed by atoms with Crippen LogP contribution in [0, 0.1) is 0 Å². The van der Waals surface area contributed by atoms with Crippen LogP contribution in [0.15, 0.2) is 66.7 Å². The van der Waals surface area contributed by atoms with Crippen molar-refractivity contribution >= 4 is 11.6 Å². The van der Waals surface area contributed by atoms with E-state index in [0.717, 1.165) is 11.3 Å². The molecular formula is C26H25NO6. The van der Waals surface area contributed by atoms with E-state index in [1.807, 2.05) is 54.6 Å². The van der Waals surface area contributed by atoms with Crippen molar-refractivity contribution in [1.29, 1.82) is 0 Å². The molecular weight excluding hydrogens is 422 g/mol. The number of phenolic OH excluding ortho intramolecular Hbond substituents is 1. The lowest BCUT2D eigenvalue weighted by Gasteiger charge is -2.28. The van der Waals surface area contributed by atoms with Crippen molar-refractivity contribution < 1.29 is 29.2 Å². The summed E-state index contributed by atoms with van der Waals surface area (Å²) >= 11 is 0. The largest absolute Gasteiger partial charge is 0.507 e. The number of amides is 1. The maximum absolute atomic E-state index is 13.8. The molecule has 1 amide bonds. The second-order valence-electron chi connectivity index (χ2n) is 8.15. The average Bonchev–Trinajstić information content (AvgIpc) is 3.39. The Hall–Kier alpha value is -3.55. The maximum Gasteiger partial charge on any atom is 0.244 e. The maximum atomic E-state index is 13.8. The van der Waals surface area contributed by atoms with Crippen LogP contribution in [-0.2, 0) is 21.6 Å². The molecule has 1 unspecified atom stereocenters. The summed E-state index contributed by atoms with van der Waals surface area (Å²) in [5.41, 5.74) is 1.34. The number of carbonyl (C=O) groups excluding carboxylic acids is 1. The first-order valence-electron chi connectivity index (χ1n) is 10.9. The first-order chi connectivity index (χ1) is 16.1. The van der Waals surface area contributed by atoms with Crippen molar-refractivity contribution in [3.8, 4) is 17.2 Å². The number of rotatable bonds is 8. The van der Waals surface area contributed by atoms with Crippen LogP contribution in [-0.4, -0.2) is 42.7 Å². The molecule has 2 aliphatic heterocycles. The molecule has 7 heteroatoms. The predicted molar refractivity (Wildman–Crippen MR) is 122 cm³/mol. The Balaban J connectivity index is 1.39. The van der Waals surface area contributed by atoms with Crippen LogP contribution in [0.2, 0.25) is 0 Å². The lowest BCUT2D eigenvalue weighted by molar-refractivity contribution is -0.123. The van der Waals surface area contributed by atoms with Crippen LogP contribution in [0.4, 0.5) is 5.69 Å². The van der Waals surface area contributed by atoms with Crippen molar-refractivity contribution in [2.45, 2.75) is 18.4 Å². The molecule has 0 aliphatic carbocycles. The lowest BCUT2D eigenvalue weighted by Crippen LogP contribution is -2.44. The summed E-state index contributed by atoms with van der Waals surface area (Å²) in [6, 6.07) is 20.3. The number of aromatic hydroxyl groups is 1. The van der Waals surface area contributed by atoms with Gasteiger partial charge >= 0.3 is 0 Å². The van der Waals surface area contributed by atoms with E-state index in [0.29, 0.717) is 48.8 Å². The highest BCUT2D eigenvalue weighted by atomic mass is 16.7. The first kappa shape index (κ1) is 21.3. The van der Waals surface area contributed by atoms with Gasteiger partial charge in [-0.2, -0.15) is 0 Å². The van der Waals surface area contributed by atoms with Crippen LogP contribution < -0.4 is 14.4 Å². The zero-order chi connectivity index (χ0) is 22.8. The minimum absolute atomic E-state index is 0.0456. The van der Waals surface area contributed by atoms with Gasteiger partial charge in [0.1, 0.15) is 11.2 Å². The molecule has 5 rings (SSSR count). The molecule has 0 aromatic heterocycles. The molecule has 2 aliphatic rings. The normalized spacial score (nSPS) is 18.6. The lowest BCUT2D eigenvalue weighted by atomic mass is 9.75. The quantitative estimate of drug-likeness (QED) is 0.515. The molecule has 0 bridgehead atoms. The van der Waals surface area contributed by atoms with Gasteiger partial charge in [0.25, 0.3) is 0 Å². The summed E-state index contributed by atoms with van der Waals surface area (Å²) < 4.78 is 16.6. The van der Waals surface area contributed by atoms with Gasteiger partial charge in [-0.05, 0) is 29.7 Å². The number of ether oxygens (including phenoxy) is 3. The van der Waals surface area contributed by atoms with Crippen LogP contribution in [0.5, 0.6) is 17.2 Å². The highest BCUT2D eigenvalue weighted by Crippen LogP contribution is 2.51. The standard InChI is InChI=1S/C26H25NO6/c28-16-26(20-13-23-24(14-22(20)29)33-17-32-23)19-9-4-5-10-21(19)27(25(26)30)11-6-12-31-15-18-7-2-1-3-8-18/h1-5,7-10,13-14,28-29H,6,11-12,15-17H2. The number of aliphatic hydroxyl groups excluding tert-OH is 1. The van der Waals surface area contributed by atoms with Gasteiger partial charge in [-0.15, -0.1) is 0 Å². The number of fused-ring (bicyclic) bond motifs is 2. The first-order valence-corrected chi connectivity index (χ1v) is 10.9. The molecule has 170 valence electrons. The summed E-state index contributed by atoms with van der Waals surface area (Å²) in [5.74, 6) is 0.442. The van der Waals surface area contributed by atoms with Crippen LogP contribution in [0.3, 0.4) is 0 Å². The Labute approximate surface area is 191 Å². The third kappa shape index (κ3) is 3.59. The number of hydrogen-bond donors (Lipinski definition) is 2. The van der Waals surface area contributed by atoms with E-state index in [2.05, 4.69) is 0 Å². The number of para-hydroxylation sites is 1. The Morgan fingerprint density at radius 3 is 2.48 bits per heavy atom. The van der Waals surface area contributed by atoms with Crippen LogP contribution in [0.1, 0.15) is 23.1 Å². The molecule has 7 nitrogen and oxygen atoms in total. The third-order valence-electron chi connectivity index (χ3n) is 6.23. The monoisotopic (exact) mass is 447 g/mol. The van der Waals surface area contributed by atoms with Gasteiger partial charge in [-0.1, -0.05) is 48.5 Å². The van der Waals surface area contributed by atoms with Gasteiger partial charge in [0, 0.05) is 30.5 Å². The van der Waals surface area contributed by atoms with E-state index in [1.165, 1.54) is 6.07 Å². The topological polar surface area (TPSA) is 88.5 Å². The number of aliphatic hydroxyl groups is 1. The van der Waals surface area contributed by atoms with E-state index in [9.17, 15) is 15.0 Å². The number of phenols is 1. The molecule has 1 atom stereocenters. The molecule has 3 aromatic rings. The number of carbonyl (C=O) groups is 1. The summed E-state index contributed by atoms with van der Waals surface area (Å²) in [6.07, 6.45) is 0.627. The average molecular weight is 447 g/mol. The molecule has 3 aromatic carbocycles. The Morgan fingerprint density at radius 2 is 1.70 bits per heavy atom. The van der Waals surface area contributed by atoms with Gasteiger partial charge in [-0.25, -0.2) is 0 Å². The van der Waals surface area contributed by atoms with Gasteiger partial charge in [0.15, 0.2) is 11.5 Å². The molecule has 0 radical (unpaired) electrons. The molecule has 2 heterocycles. The second kappa shape index (κ2) is 8.77. The minimum Gasteiger partial charge on any atom is -0.507 e. The van der Waals surface area contributed by atoms with Crippen molar-refractivity contribution in [1.82, 2.24) is 0 Å². The van der Waals surface area contributed by atoms with Crippen molar-refractivity contribution in [3.63, 3.8) is 0 Å². The third-order valence-corrected chi connectivity index (χ3v) is 6.23. The van der Waals surface area contributed by atoms with Crippen LogP contribution >= 0.6 is 0 Å². The predicted octanol–water partition coefficient (Wildman–Crippen LogP) is 3.35.